The van der Waals surface area contributed by atoms with Gasteiger partial charge >= 0.3 is 0 Å². The minimum Gasteiger partial charge on any atom is -0.378 e. The number of morpholine rings is 1. The van der Waals surface area contributed by atoms with Crippen molar-refractivity contribution in [3.63, 3.8) is 0 Å². The molecule has 1 aromatic rings. The zero-order valence-corrected chi connectivity index (χ0v) is 7.67. The third-order valence-electron chi connectivity index (χ3n) is 2.05. The standard InChI is InChI=1S/C7H11N5O2/c13-7(5-12-6-8-9-10-12)11-1-3-14-4-2-11/h6H,1-5H2. The molecular formula is C7H11N5O2. The number of amides is 1. The van der Waals surface area contributed by atoms with Gasteiger partial charge in [-0.1, -0.05) is 0 Å². The van der Waals surface area contributed by atoms with Crippen LogP contribution in [0.25, 0.3) is 0 Å². The van der Waals surface area contributed by atoms with Gasteiger partial charge in [-0.2, -0.15) is 0 Å². The van der Waals surface area contributed by atoms with E-state index in [4.69, 9.17) is 4.74 Å². The van der Waals surface area contributed by atoms with Crippen LogP contribution in [0.15, 0.2) is 6.33 Å². The summed E-state index contributed by atoms with van der Waals surface area (Å²) in [7, 11) is 0. The highest BCUT2D eigenvalue weighted by Crippen LogP contribution is 1.98. The maximum Gasteiger partial charge on any atom is 0.244 e. The van der Waals surface area contributed by atoms with Crippen LogP contribution in [0.3, 0.4) is 0 Å². The number of carbonyl (C=O) groups is 1. The van der Waals surface area contributed by atoms with Crippen molar-refractivity contribution in [2.24, 2.45) is 0 Å². The summed E-state index contributed by atoms with van der Waals surface area (Å²) in [5.41, 5.74) is 0. The minimum atomic E-state index is 0.0283. The Kier molecular flexibility index (Phi) is 2.68. The zero-order chi connectivity index (χ0) is 9.80. The van der Waals surface area contributed by atoms with Gasteiger partial charge in [0.15, 0.2) is 0 Å². The van der Waals surface area contributed by atoms with Crippen LogP contribution in [0, 0.1) is 0 Å². The summed E-state index contributed by atoms with van der Waals surface area (Å²) < 4.78 is 6.56. The summed E-state index contributed by atoms with van der Waals surface area (Å²) in [6.07, 6.45) is 1.43. The molecule has 1 aromatic heterocycles. The molecule has 1 saturated heterocycles. The highest BCUT2D eigenvalue weighted by Gasteiger charge is 2.17. The Balaban J connectivity index is 1.88. The van der Waals surface area contributed by atoms with Gasteiger partial charge in [-0.25, -0.2) is 4.68 Å². The van der Waals surface area contributed by atoms with Crippen LogP contribution in [0.2, 0.25) is 0 Å². The first-order valence-corrected chi connectivity index (χ1v) is 4.42. The monoisotopic (exact) mass is 197 g/mol. The topological polar surface area (TPSA) is 73.1 Å². The predicted molar refractivity (Wildman–Crippen MR) is 45.2 cm³/mol. The largest absolute Gasteiger partial charge is 0.378 e. The Morgan fingerprint density at radius 2 is 2.21 bits per heavy atom. The molecule has 0 aliphatic carbocycles. The molecule has 0 spiro atoms. The Bertz CT molecular complexity index is 293. The third-order valence-corrected chi connectivity index (χ3v) is 2.05. The van der Waals surface area contributed by atoms with Gasteiger partial charge in [0.05, 0.1) is 13.2 Å². The maximum absolute atomic E-state index is 11.6. The summed E-state index contributed by atoms with van der Waals surface area (Å²) >= 11 is 0. The highest BCUT2D eigenvalue weighted by atomic mass is 16.5. The van der Waals surface area contributed by atoms with Crippen LogP contribution in [0.4, 0.5) is 0 Å². The first kappa shape index (κ1) is 9.07. The molecule has 1 fully saturated rings. The number of tetrazole rings is 1. The van der Waals surface area contributed by atoms with E-state index in [2.05, 4.69) is 15.5 Å². The molecule has 0 saturated carbocycles. The summed E-state index contributed by atoms with van der Waals surface area (Å²) in [5, 5.41) is 10.5. The van der Waals surface area contributed by atoms with E-state index in [1.54, 1.807) is 4.90 Å². The van der Waals surface area contributed by atoms with Gasteiger partial charge in [-0.15, -0.1) is 5.10 Å². The zero-order valence-electron chi connectivity index (χ0n) is 7.67. The number of hydrogen-bond acceptors (Lipinski definition) is 5. The number of ether oxygens (including phenoxy) is 1. The van der Waals surface area contributed by atoms with E-state index in [0.29, 0.717) is 26.3 Å². The lowest BCUT2D eigenvalue weighted by Gasteiger charge is -2.26. The molecule has 0 bridgehead atoms. The lowest BCUT2D eigenvalue weighted by Crippen LogP contribution is -2.42. The average molecular weight is 197 g/mol. The van der Waals surface area contributed by atoms with E-state index in [1.807, 2.05) is 0 Å². The second-order valence-corrected chi connectivity index (χ2v) is 3.00. The fourth-order valence-electron chi connectivity index (χ4n) is 1.30. The smallest absolute Gasteiger partial charge is 0.244 e. The molecule has 0 radical (unpaired) electrons. The summed E-state index contributed by atoms with van der Waals surface area (Å²) in [5.74, 6) is 0.0283. The molecule has 1 amide bonds. The summed E-state index contributed by atoms with van der Waals surface area (Å²) in [4.78, 5) is 13.4. The predicted octanol–water partition coefficient (Wildman–Crippen LogP) is -1.47. The minimum absolute atomic E-state index is 0.0283. The molecule has 7 nitrogen and oxygen atoms in total. The maximum atomic E-state index is 11.6. The van der Waals surface area contributed by atoms with Crippen LogP contribution >= 0.6 is 0 Å². The summed E-state index contributed by atoms with van der Waals surface area (Å²) in [6.45, 7) is 2.73. The molecule has 2 heterocycles. The van der Waals surface area contributed by atoms with E-state index in [0.717, 1.165) is 0 Å². The SMILES string of the molecule is O=C(Cn1cnnn1)N1CCOCC1. The van der Waals surface area contributed by atoms with Gasteiger partial charge in [-0.05, 0) is 10.4 Å². The van der Waals surface area contributed by atoms with E-state index < -0.39 is 0 Å². The van der Waals surface area contributed by atoms with Crippen molar-refractivity contribution in [2.75, 3.05) is 26.3 Å². The molecule has 14 heavy (non-hydrogen) atoms. The molecule has 0 atom stereocenters. The van der Waals surface area contributed by atoms with Crippen molar-refractivity contribution in [2.45, 2.75) is 6.54 Å². The first-order chi connectivity index (χ1) is 6.86. The Labute approximate surface area is 80.6 Å². The second kappa shape index (κ2) is 4.14. The Morgan fingerprint density at radius 3 is 2.86 bits per heavy atom. The third kappa shape index (κ3) is 2.05. The first-order valence-electron chi connectivity index (χ1n) is 4.42. The van der Waals surface area contributed by atoms with Crippen molar-refractivity contribution in [1.82, 2.24) is 25.1 Å². The van der Waals surface area contributed by atoms with Crippen molar-refractivity contribution >= 4 is 5.91 Å². The number of carbonyl (C=O) groups excluding carboxylic acids is 1. The number of nitrogens with zero attached hydrogens (tertiary/aromatic N) is 5. The van der Waals surface area contributed by atoms with E-state index >= 15 is 0 Å². The second-order valence-electron chi connectivity index (χ2n) is 3.00. The van der Waals surface area contributed by atoms with Gasteiger partial charge in [0.25, 0.3) is 0 Å². The van der Waals surface area contributed by atoms with Crippen LogP contribution in [-0.4, -0.2) is 57.3 Å². The van der Waals surface area contributed by atoms with Crippen LogP contribution in [0.1, 0.15) is 0 Å². The number of aromatic nitrogens is 4. The van der Waals surface area contributed by atoms with Gasteiger partial charge in [-0.3, -0.25) is 4.79 Å². The van der Waals surface area contributed by atoms with Crippen molar-refractivity contribution < 1.29 is 9.53 Å². The van der Waals surface area contributed by atoms with Crippen molar-refractivity contribution in [3.05, 3.63) is 6.33 Å². The normalized spacial score (nSPS) is 17.0. The van der Waals surface area contributed by atoms with Gasteiger partial charge in [0.2, 0.25) is 5.91 Å². The van der Waals surface area contributed by atoms with Crippen LogP contribution < -0.4 is 0 Å². The number of hydrogen-bond donors (Lipinski definition) is 0. The summed E-state index contributed by atoms with van der Waals surface area (Å²) in [6, 6.07) is 0. The quantitative estimate of drug-likeness (QED) is 0.579. The van der Waals surface area contributed by atoms with Crippen molar-refractivity contribution in [1.29, 1.82) is 0 Å². The fourth-order valence-corrected chi connectivity index (χ4v) is 1.30. The molecule has 0 aromatic carbocycles. The Hall–Kier alpha value is -1.50. The van der Waals surface area contributed by atoms with Gasteiger partial charge < -0.3 is 9.64 Å². The van der Waals surface area contributed by atoms with Crippen LogP contribution in [-0.2, 0) is 16.1 Å². The molecule has 1 aliphatic rings. The van der Waals surface area contributed by atoms with E-state index in [9.17, 15) is 4.79 Å². The molecule has 0 unspecified atom stereocenters. The van der Waals surface area contributed by atoms with Crippen molar-refractivity contribution in [3.8, 4) is 0 Å². The molecule has 2 rings (SSSR count). The van der Waals surface area contributed by atoms with Gasteiger partial charge in [0, 0.05) is 13.1 Å². The average Bonchev–Trinajstić information content (AvgIpc) is 2.72. The van der Waals surface area contributed by atoms with E-state index in [-0.39, 0.29) is 12.5 Å². The number of rotatable bonds is 2. The van der Waals surface area contributed by atoms with Crippen LogP contribution in [0.5, 0.6) is 0 Å². The fraction of sp³-hybridized carbons (Fsp3) is 0.714. The van der Waals surface area contributed by atoms with E-state index in [1.165, 1.54) is 11.0 Å². The molecule has 7 heteroatoms. The molecular weight excluding hydrogens is 186 g/mol. The Morgan fingerprint density at radius 1 is 1.43 bits per heavy atom. The molecule has 76 valence electrons. The molecule has 1 aliphatic heterocycles. The lowest BCUT2D eigenvalue weighted by molar-refractivity contribution is -0.136. The molecule has 0 N–H and O–H groups in total. The lowest BCUT2D eigenvalue weighted by atomic mass is 10.4. The van der Waals surface area contributed by atoms with Gasteiger partial charge in [0.1, 0.15) is 12.9 Å². The highest BCUT2D eigenvalue weighted by molar-refractivity contribution is 5.75.